The number of carbonyl (C=O) groups is 1. The van der Waals surface area contributed by atoms with E-state index in [1.807, 2.05) is 19.1 Å². The maximum atomic E-state index is 12.3. The van der Waals surface area contributed by atoms with Gasteiger partial charge in [0.1, 0.15) is 12.4 Å². The second kappa shape index (κ2) is 9.20. The lowest BCUT2D eigenvalue weighted by Gasteiger charge is -2.12. The van der Waals surface area contributed by atoms with Crippen LogP contribution in [0.25, 0.3) is 0 Å². The molecule has 0 bridgehead atoms. The second-order valence-corrected chi connectivity index (χ2v) is 6.05. The fourth-order valence-corrected chi connectivity index (χ4v) is 2.77. The van der Waals surface area contributed by atoms with Gasteiger partial charge >= 0.3 is 0 Å². The van der Waals surface area contributed by atoms with Gasteiger partial charge in [0.2, 0.25) is 5.88 Å². The first-order valence-corrected chi connectivity index (χ1v) is 8.95. The number of hydrogen-bond acceptors (Lipinski definition) is 5. The van der Waals surface area contributed by atoms with E-state index in [0.29, 0.717) is 31.2 Å². The molecule has 1 N–H and O–H groups in total. The molecule has 1 amide bonds. The largest absolute Gasteiger partial charge is 0.491 e. The van der Waals surface area contributed by atoms with Crippen LogP contribution in [0.2, 0.25) is 0 Å². The van der Waals surface area contributed by atoms with Crippen LogP contribution in [0.15, 0.2) is 42.6 Å². The minimum absolute atomic E-state index is 0.151. The highest BCUT2D eigenvalue weighted by Crippen LogP contribution is 2.17. The molecule has 26 heavy (non-hydrogen) atoms. The summed E-state index contributed by atoms with van der Waals surface area (Å²) in [5, 5.41) is 2.89. The van der Waals surface area contributed by atoms with Crippen LogP contribution in [0.1, 0.15) is 35.7 Å². The molecule has 1 aromatic carbocycles. The first kappa shape index (κ1) is 18.2. The first-order valence-electron chi connectivity index (χ1n) is 8.95. The van der Waals surface area contributed by atoms with E-state index >= 15 is 0 Å². The van der Waals surface area contributed by atoms with E-state index in [1.54, 1.807) is 30.5 Å². The van der Waals surface area contributed by atoms with Gasteiger partial charge in [-0.3, -0.25) is 4.79 Å². The zero-order valence-corrected chi connectivity index (χ0v) is 14.9. The Balaban J connectivity index is 1.51. The molecule has 1 aliphatic heterocycles. The normalized spacial score (nSPS) is 16.3. The molecule has 0 spiro atoms. The minimum Gasteiger partial charge on any atom is -0.491 e. The monoisotopic (exact) mass is 356 g/mol. The highest BCUT2D eigenvalue weighted by Gasteiger charge is 2.16. The van der Waals surface area contributed by atoms with Gasteiger partial charge in [-0.2, -0.15) is 0 Å². The zero-order valence-electron chi connectivity index (χ0n) is 14.9. The molecule has 0 aliphatic carbocycles. The first-order chi connectivity index (χ1) is 12.8. The standard InChI is InChI=1S/C20H24N2O4/c1-2-24-20-16(5-3-11-21-20)13-22-19(23)15-7-9-17(10-8-15)26-14-18-6-4-12-25-18/h3,5,7-11,18H,2,4,6,12-14H2,1H3,(H,22,23). The predicted molar refractivity (Wildman–Crippen MR) is 97.5 cm³/mol. The molecule has 6 heteroatoms. The number of benzene rings is 1. The van der Waals surface area contributed by atoms with Crippen molar-refractivity contribution in [1.82, 2.24) is 10.3 Å². The van der Waals surface area contributed by atoms with Gasteiger partial charge < -0.3 is 19.5 Å². The molecule has 2 aromatic rings. The van der Waals surface area contributed by atoms with Gasteiger partial charge in [0.15, 0.2) is 0 Å². The van der Waals surface area contributed by atoms with Gasteiger partial charge in [0.05, 0.1) is 12.7 Å². The highest BCUT2D eigenvalue weighted by atomic mass is 16.5. The predicted octanol–water partition coefficient (Wildman–Crippen LogP) is 2.97. The van der Waals surface area contributed by atoms with E-state index in [-0.39, 0.29) is 12.0 Å². The Morgan fingerprint density at radius 1 is 1.27 bits per heavy atom. The number of nitrogens with zero attached hydrogens (tertiary/aromatic N) is 1. The summed E-state index contributed by atoms with van der Waals surface area (Å²) in [5.74, 6) is 1.14. The molecule has 2 heterocycles. The van der Waals surface area contributed by atoms with Gasteiger partial charge in [-0.1, -0.05) is 6.07 Å². The van der Waals surface area contributed by atoms with Crippen LogP contribution in [0, 0.1) is 0 Å². The summed E-state index contributed by atoms with van der Waals surface area (Å²) in [5.41, 5.74) is 1.43. The molecule has 1 aromatic heterocycles. The Hall–Kier alpha value is -2.60. The van der Waals surface area contributed by atoms with Crippen molar-refractivity contribution < 1.29 is 19.0 Å². The van der Waals surface area contributed by atoms with Gasteiger partial charge in [0.25, 0.3) is 5.91 Å². The van der Waals surface area contributed by atoms with E-state index in [1.165, 1.54) is 0 Å². The molecule has 1 fully saturated rings. The van der Waals surface area contributed by atoms with Crippen molar-refractivity contribution in [2.75, 3.05) is 19.8 Å². The summed E-state index contributed by atoms with van der Waals surface area (Å²) in [6, 6.07) is 10.8. The van der Waals surface area contributed by atoms with Crippen molar-refractivity contribution in [1.29, 1.82) is 0 Å². The third-order valence-corrected chi connectivity index (χ3v) is 4.15. The fraction of sp³-hybridized carbons (Fsp3) is 0.400. The molecule has 0 radical (unpaired) electrons. The number of hydrogen-bond donors (Lipinski definition) is 1. The van der Waals surface area contributed by atoms with Crippen molar-refractivity contribution in [3.05, 3.63) is 53.7 Å². The molecular formula is C20H24N2O4. The van der Waals surface area contributed by atoms with Crippen LogP contribution >= 0.6 is 0 Å². The number of amides is 1. The quantitative estimate of drug-likeness (QED) is 0.787. The highest BCUT2D eigenvalue weighted by molar-refractivity contribution is 5.94. The Labute approximate surface area is 153 Å². The van der Waals surface area contributed by atoms with Crippen molar-refractivity contribution >= 4 is 5.91 Å². The van der Waals surface area contributed by atoms with E-state index in [2.05, 4.69) is 10.3 Å². The topological polar surface area (TPSA) is 69.7 Å². The van der Waals surface area contributed by atoms with Gasteiger partial charge in [-0.25, -0.2) is 4.98 Å². The lowest BCUT2D eigenvalue weighted by atomic mass is 10.2. The van der Waals surface area contributed by atoms with Crippen LogP contribution in [0.5, 0.6) is 11.6 Å². The van der Waals surface area contributed by atoms with Gasteiger partial charge in [-0.05, 0) is 50.1 Å². The molecule has 1 aliphatic rings. The average molecular weight is 356 g/mol. The van der Waals surface area contributed by atoms with E-state index in [0.717, 1.165) is 30.8 Å². The second-order valence-electron chi connectivity index (χ2n) is 6.05. The molecule has 1 saturated heterocycles. The molecule has 1 atom stereocenters. The maximum absolute atomic E-state index is 12.3. The molecular weight excluding hydrogens is 332 g/mol. The van der Waals surface area contributed by atoms with E-state index in [4.69, 9.17) is 14.2 Å². The van der Waals surface area contributed by atoms with Crippen LogP contribution in [-0.4, -0.2) is 36.8 Å². The molecule has 6 nitrogen and oxygen atoms in total. The Morgan fingerprint density at radius 2 is 2.12 bits per heavy atom. The summed E-state index contributed by atoms with van der Waals surface area (Å²) in [7, 11) is 0. The van der Waals surface area contributed by atoms with Crippen molar-refractivity contribution in [2.24, 2.45) is 0 Å². The summed E-state index contributed by atoms with van der Waals surface area (Å²) in [4.78, 5) is 16.5. The van der Waals surface area contributed by atoms with Crippen molar-refractivity contribution in [3.63, 3.8) is 0 Å². The average Bonchev–Trinajstić information content (AvgIpc) is 3.20. The van der Waals surface area contributed by atoms with Crippen molar-refractivity contribution in [2.45, 2.75) is 32.4 Å². The SMILES string of the molecule is CCOc1ncccc1CNC(=O)c1ccc(OCC2CCCO2)cc1. The molecule has 1 unspecified atom stereocenters. The number of nitrogens with one attached hydrogen (secondary N) is 1. The van der Waals surface area contributed by atoms with Crippen LogP contribution in [0.3, 0.4) is 0 Å². The number of ether oxygens (including phenoxy) is 3. The van der Waals surface area contributed by atoms with Crippen LogP contribution in [-0.2, 0) is 11.3 Å². The minimum atomic E-state index is -0.151. The summed E-state index contributed by atoms with van der Waals surface area (Å²) in [6.07, 6.45) is 3.98. The number of aromatic nitrogens is 1. The molecule has 3 rings (SSSR count). The lowest BCUT2D eigenvalue weighted by Crippen LogP contribution is -2.23. The molecule has 0 saturated carbocycles. The van der Waals surface area contributed by atoms with Gasteiger partial charge in [-0.15, -0.1) is 0 Å². The zero-order chi connectivity index (χ0) is 18.2. The Morgan fingerprint density at radius 3 is 2.85 bits per heavy atom. The van der Waals surface area contributed by atoms with E-state index < -0.39 is 0 Å². The van der Waals surface area contributed by atoms with Crippen molar-refractivity contribution in [3.8, 4) is 11.6 Å². The summed E-state index contributed by atoms with van der Waals surface area (Å²) >= 11 is 0. The van der Waals surface area contributed by atoms with Crippen LogP contribution in [0.4, 0.5) is 0 Å². The smallest absolute Gasteiger partial charge is 0.251 e. The molecule has 138 valence electrons. The van der Waals surface area contributed by atoms with Crippen LogP contribution < -0.4 is 14.8 Å². The summed E-state index contributed by atoms with van der Waals surface area (Å²) in [6.45, 7) is 4.16. The third kappa shape index (κ3) is 4.95. The maximum Gasteiger partial charge on any atom is 0.251 e. The number of carbonyl (C=O) groups excluding carboxylic acids is 1. The third-order valence-electron chi connectivity index (χ3n) is 4.15. The number of pyridine rings is 1. The Bertz CT molecular complexity index is 712. The van der Waals surface area contributed by atoms with E-state index in [9.17, 15) is 4.79 Å². The fourth-order valence-electron chi connectivity index (χ4n) is 2.77. The van der Waals surface area contributed by atoms with Gasteiger partial charge in [0, 0.05) is 30.5 Å². The summed E-state index contributed by atoms with van der Waals surface area (Å²) < 4.78 is 16.7. The Kier molecular flexibility index (Phi) is 6.44. The number of rotatable bonds is 8. The lowest BCUT2D eigenvalue weighted by molar-refractivity contribution is 0.0679.